The van der Waals surface area contributed by atoms with E-state index in [1.807, 2.05) is 0 Å². The van der Waals surface area contributed by atoms with Gasteiger partial charge in [0.05, 0.1) is 22.2 Å². The van der Waals surface area contributed by atoms with Crippen molar-refractivity contribution in [1.29, 1.82) is 0 Å². The highest BCUT2D eigenvalue weighted by atomic mass is 35.5. The van der Waals surface area contributed by atoms with Gasteiger partial charge in [0, 0.05) is 31.3 Å². The second kappa shape index (κ2) is 9.17. The summed E-state index contributed by atoms with van der Waals surface area (Å²) >= 11 is 6.28. The van der Waals surface area contributed by atoms with Crippen LogP contribution in [0.3, 0.4) is 0 Å². The van der Waals surface area contributed by atoms with Crippen molar-refractivity contribution in [1.82, 2.24) is 4.31 Å². The van der Waals surface area contributed by atoms with Crippen molar-refractivity contribution in [2.45, 2.75) is 24.7 Å². The number of likely N-dealkylation sites (N-methyl/N-ethyl adjacent to an activating group) is 1. The van der Waals surface area contributed by atoms with Crippen LogP contribution in [0.2, 0.25) is 5.02 Å². The molecule has 1 fully saturated rings. The average Bonchev–Trinajstić information content (AvgIpc) is 3.13. The molecule has 1 aliphatic heterocycles. The molecule has 0 aliphatic carbocycles. The number of hydrogen-bond acceptors (Lipinski definition) is 5. The molecule has 3 rings (SSSR count). The van der Waals surface area contributed by atoms with E-state index in [0.717, 1.165) is 10.7 Å². The summed E-state index contributed by atoms with van der Waals surface area (Å²) in [7, 11) is -2.62. The fraction of sp³-hybridized carbons (Fsp3) is 0.286. The lowest BCUT2D eigenvalue weighted by Gasteiger charge is -2.19. The summed E-state index contributed by atoms with van der Waals surface area (Å²) in [5.41, 5.74) is 1.37. The highest BCUT2D eigenvalue weighted by Crippen LogP contribution is 2.31. The number of carbonyl (C=O) groups is 3. The second-order valence-electron chi connectivity index (χ2n) is 7.20. The minimum absolute atomic E-state index is 0.00172. The number of anilines is 2. The van der Waals surface area contributed by atoms with Crippen LogP contribution in [0.4, 0.5) is 11.4 Å². The Morgan fingerprint density at radius 1 is 1.16 bits per heavy atom. The molecule has 0 radical (unpaired) electrons. The zero-order chi connectivity index (χ0) is 22.8. The van der Waals surface area contributed by atoms with Gasteiger partial charge < -0.3 is 10.2 Å². The molecule has 1 N–H and O–H groups in total. The Balaban J connectivity index is 1.66. The number of nitrogens with zero attached hydrogens (tertiary/aromatic N) is 2. The van der Waals surface area contributed by atoms with Crippen molar-refractivity contribution in [2.75, 3.05) is 30.4 Å². The van der Waals surface area contributed by atoms with Crippen LogP contribution in [0.5, 0.6) is 0 Å². The van der Waals surface area contributed by atoms with E-state index in [-0.39, 0.29) is 16.6 Å². The molecule has 2 amide bonds. The lowest BCUT2D eigenvalue weighted by atomic mass is 10.2. The van der Waals surface area contributed by atoms with Gasteiger partial charge in [-0.3, -0.25) is 14.4 Å². The van der Waals surface area contributed by atoms with E-state index < -0.39 is 22.5 Å². The molecule has 8 nitrogen and oxygen atoms in total. The molecule has 1 heterocycles. The summed E-state index contributed by atoms with van der Waals surface area (Å²) in [4.78, 5) is 37.2. The molecule has 1 aliphatic rings. The Labute approximate surface area is 185 Å². The summed E-state index contributed by atoms with van der Waals surface area (Å²) in [5.74, 6) is -0.718. The Morgan fingerprint density at radius 3 is 2.39 bits per heavy atom. The van der Waals surface area contributed by atoms with Gasteiger partial charge in [0.15, 0.2) is 5.78 Å². The monoisotopic (exact) mass is 463 g/mol. The van der Waals surface area contributed by atoms with Crippen molar-refractivity contribution in [3.05, 3.63) is 53.1 Å². The standard InChI is InChI=1S/C21H22ClN3O5S/c1-14(26)15-5-8-17(9-6-15)31(29,30)24(2)13-20(27)23-16-7-10-19(18(22)12-16)25-11-3-4-21(25)28/h5-10,12H,3-4,11,13H2,1-2H3,(H,23,27). The SMILES string of the molecule is CC(=O)c1ccc(S(=O)(=O)N(C)CC(=O)Nc2ccc(N3CCCC3=O)c(Cl)c2)cc1. The van der Waals surface area contributed by atoms with E-state index in [2.05, 4.69) is 5.32 Å². The maximum Gasteiger partial charge on any atom is 0.243 e. The maximum absolute atomic E-state index is 12.7. The summed E-state index contributed by atoms with van der Waals surface area (Å²) in [5, 5.41) is 2.93. The van der Waals surface area contributed by atoms with Gasteiger partial charge >= 0.3 is 0 Å². The topological polar surface area (TPSA) is 104 Å². The molecule has 31 heavy (non-hydrogen) atoms. The highest BCUT2D eigenvalue weighted by Gasteiger charge is 2.25. The summed E-state index contributed by atoms with van der Waals surface area (Å²) in [6.07, 6.45) is 1.25. The number of sulfonamides is 1. The Bertz CT molecular complexity index is 1130. The molecule has 2 aromatic rings. The van der Waals surface area contributed by atoms with E-state index in [1.54, 1.807) is 17.0 Å². The van der Waals surface area contributed by atoms with Gasteiger partial charge in [-0.2, -0.15) is 4.31 Å². The fourth-order valence-corrected chi connectivity index (χ4v) is 4.65. The minimum atomic E-state index is -3.91. The lowest BCUT2D eigenvalue weighted by Crippen LogP contribution is -2.35. The normalized spacial score (nSPS) is 14.2. The highest BCUT2D eigenvalue weighted by molar-refractivity contribution is 7.89. The van der Waals surface area contributed by atoms with Gasteiger partial charge in [-0.15, -0.1) is 0 Å². The first kappa shape index (κ1) is 22.9. The van der Waals surface area contributed by atoms with Crippen LogP contribution in [0, 0.1) is 0 Å². The van der Waals surface area contributed by atoms with Crippen molar-refractivity contribution in [2.24, 2.45) is 0 Å². The van der Waals surface area contributed by atoms with Crippen LogP contribution in [-0.2, 0) is 19.6 Å². The first-order chi connectivity index (χ1) is 14.6. The third-order valence-electron chi connectivity index (χ3n) is 4.93. The van der Waals surface area contributed by atoms with Crippen molar-refractivity contribution >= 4 is 50.6 Å². The molecule has 0 bridgehead atoms. The maximum atomic E-state index is 12.7. The largest absolute Gasteiger partial charge is 0.325 e. The molecule has 0 aromatic heterocycles. The molecular weight excluding hydrogens is 442 g/mol. The van der Waals surface area contributed by atoms with Crippen molar-refractivity contribution in [3.63, 3.8) is 0 Å². The van der Waals surface area contributed by atoms with Gasteiger partial charge in [-0.1, -0.05) is 23.7 Å². The van der Waals surface area contributed by atoms with Gasteiger partial charge in [-0.25, -0.2) is 8.42 Å². The predicted octanol–water partition coefficient (Wildman–Crippen LogP) is 2.93. The van der Waals surface area contributed by atoms with Crippen LogP contribution in [-0.4, -0.2) is 50.5 Å². The van der Waals surface area contributed by atoms with Crippen LogP contribution in [0.25, 0.3) is 0 Å². The van der Waals surface area contributed by atoms with Crippen LogP contribution in [0.1, 0.15) is 30.1 Å². The number of rotatable bonds is 7. The van der Waals surface area contributed by atoms with Gasteiger partial charge in [0.1, 0.15) is 0 Å². The zero-order valence-corrected chi connectivity index (χ0v) is 18.7. The average molecular weight is 464 g/mol. The number of Topliss-reactive ketones (excluding diaryl/α,β-unsaturated/α-hetero) is 1. The van der Waals surface area contributed by atoms with E-state index in [0.29, 0.717) is 34.9 Å². The molecule has 0 spiro atoms. The van der Waals surface area contributed by atoms with Gasteiger partial charge in [0.25, 0.3) is 0 Å². The van der Waals surface area contributed by atoms with Gasteiger partial charge in [0.2, 0.25) is 21.8 Å². The predicted molar refractivity (Wildman–Crippen MR) is 118 cm³/mol. The second-order valence-corrected chi connectivity index (χ2v) is 9.66. The summed E-state index contributed by atoms with van der Waals surface area (Å²) < 4.78 is 26.3. The third-order valence-corrected chi connectivity index (χ3v) is 7.05. The number of halogens is 1. The molecule has 0 atom stereocenters. The van der Waals surface area contributed by atoms with E-state index in [1.165, 1.54) is 44.3 Å². The Hall–Kier alpha value is -2.75. The molecule has 2 aromatic carbocycles. The van der Waals surface area contributed by atoms with Crippen LogP contribution < -0.4 is 10.2 Å². The fourth-order valence-electron chi connectivity index (χ4n) is 3.24. The number of benzene rings is 2. The number of carbonyl (C=O) groups excluding carboxylic acids is 3. The summed E-state index contributed by atoms with van der Waals surface area (Å²) in [6, 6.07) is 10.3. The first-order valence-corrected chi connectivity index (χ1v) is 11.4. The minimum Gasteiger partial charge on any atom is -0.325 e. The van der Waals surface area contributed by atoms with Crippen LogP contribution in [0.15, 0.2) is 47.4 Å². The number of amides is 2. The van der Waals surface area contributed by atoms with E-state index in [9.17, 15) is 22.8 Å². The van der Waals surface area contributed by atoms with Gasteiger partial charge in [-0.05, 0) is 43.7 Å². The van der Waals surface area contributed by atoms with Crippen molar-refractivity contribution < 1.29 is 22.8 Å². The summed E-state index contributed by atoms with van der Waals surface area (Å²) in [6.45, 7) is 1.57. The smallest absolute Gasteiger partial charge is 0.243 e. The number of hydrogen-bond donors (Lipinski definition) is 1. The Morgan fingerprint density at radius 2 is 1.84 bits per heavy atom. The number of nitrogens with one attached hydrogen (secondary N) is 1. The molecule has 1 saturated heterocycles. The molecule has 0 unspecified atom stereocenters. The molecule has 10 heteroatoms. The molecular formula is C21H22ClN3O5S. The van der Waals surface area contributed by atoms with Crippen molar-refractivity contribution in [3.8, 4) is 0 Å². The van der Waals surface area contributed by atoms with E-state index >= 15 is 0 Å². The molecule has 0 saturated carbocycles. The lowest BCUT2D eigenvalue weighted by molar-refractivity contribution is -0.117. The molecule has 164 valence electrons. The Kier molecular flexibility index (Phi) is 6.78. The van der Waals surface area contributed by atoms with E-state index in [4.69, 9.17) is 11.6 Å². The quantitative estimate of drug-likeness (QED) is 0.636. The third kappa shape index (κ3) is 5.12. The first-order valence-electron chi connectivity index (χ1n) is 9.56. The zero-order valence-electron chi connectivity index (χ0n) is 17.1. The number of ketones is 1. The van der Waals surface area contributed by atoms with Crippen LogP contribution >= 0.6 is 11.6 Å².